The molecule has 1 aliphatic carbocycles. The van der Waals surface area contributed by atoms with Gasteiger partial charge in [-0.25, -0.2) is 9.13 Å². The molecule has 16 nitrogen and oxygen atoms in total. The lowest BCUT2D eigenvalue weighted by atomic mass is 9.85. The predicted octanol–water partition coefficient (Wildman–Crippen LogP) is -2.25. The number of rotatable bonds is 8. The molecular weight excluding hydrogens is 452 g/mol. The Bertz CT molecular complexity index is 570. The van der Waals surface area contributed by atoms with Crippen LogP contribution in [-0.2, 0) is 36.4 Å². The van der Waals surface area contributed by atoms with E-state index in [1.165, 1.54) is 0 Å². The van der Waals surface area contributed by atoms with Gasteiger partial charge in [-0.15, -0.1) is 18.8 Å². The molecule has 0 aromatic heterocycles. The summed E-state index contributed by atoms with van der Waals surface area (Å²) in [5.41, 5.74) is 0. The average Bonchev–Trinajstić information content (AvgIpc) is 2.41. The Labute approximate surface area is 145 Å². The van der Waals surface area contributed by atoms with E-state index in [4.69, 9.17) is 29.4 Å². The third-order valence-electron chi connectivity index (χ3n) is 2.94. The maximum absolute atomic E-state index is 11.0. The van der Waals surface area contributed by atoms with Crippen LogP contribution in [0.2, 0.25) is 0 Å². The van der Waals surface area contributed by atoms with Crippen molar-refractivity contribution in [2.45, 2.75) is 36.6 Å². The number of hydrogen-bond acceptors (Lipinski definition) is 10. The molecule has 0 aromatic carbocycles. The molecule has 0 radical (unpaired) electrons. The number of aliphatic hydroxyl groups is 2. The molecule has 0 saturated heterocycles. The smallest absolute Gasteiger partial charge is 0.387 e. The molecular formula is C6H14O16P4+2. The van der Waals surface area contributed by atoms with Crippen LogP contribution in [0.1, 0.15) is 0 Å². The van der Waals surface area contributed by atoms with Crippen LogP contribution in [0.4, 0.5) is 0 Å². The van der Waals surface area contributed by atoms with E-state index in [1.54, 1.807) is 0 Å². The molecule has 0 heterocycles. The molecule has 8 N–H and O–H groups in total. The number of phosphoric ester groups is 2. The van der Waals surface area contributed by atoms with Gasteiger partial charge in [0.2, 0.25) is 0 Å². The third kappa shape index (κ3) is 7.30. The molecule has 1 saturated carbocycles. The molecule has 20 heteroatoms. The van der Waals surface area contributed by atoms with Gasteiger partial charge in [-0.05, 0) is 0 Å². The molecule has 8 atom stereocenters. The van der Waals surface area contributed by atoms with Gasteiger partial charge in [-0.3, -0.25) is 9.05 Å². The molecule has 26 heavy (non-hydrogen) atoms. The summed E-state index contributed by atoms with van der Waals surface area (Å²) < 4.78 is 60.6. The van der Waals surface area contributed by atoms with E-state index >= 15 is 0 Å². The quantitative estimate of drug-likeness (QED) is 0.175. The van der Waals surface area contributed by atoms with E-state index in [0.29, 0.717) is 0 Å². The van der Waals surface area contributed by atoms with E-state index in [9.17, 15) is 28.5 Å². The summed E-state index contributed by atoms with van der Waals surface area (Å²) in [5.74, 6) is 0. The van der Waals surface area contributed by atoms with Crippen molar-refractivity contribution in [1.82, 2.24) is 0 Å². The predicted molar refractivity (Wildman–Crippen MR) is 75.2 cm³/mol. The first-order chi connectivity index (χ1) is 11.6. The van der Waals surface area contributed by atoms with Gasteiger partial charge in [0.25, 0.3) is 0 Å². The van der Waals surface area contributed by atoms with Gasteiger partial charge in [0.05, 0.1) is 0 Å². The third-order valence-corrected chi connectivity index (χ3v) is 4.82. The Morgan fingerprint density at radius 2 is 0.923 bits per heavy atom. The highest BCUT2D eigenvalue weighted by molar-refractivity contribution is 7.46. The SMILES string of the molecule is O=[P+](O)O[C@H]1[C@H](O)[C@@H](OP(=O)(O)O)[C@H](OP(=O)(O)O)[C@H](O)[C@@H]1O[P+](=O)O. The molecule has 2 unspecified atom stereocenters. The van der Waals surface area contributed by atoms with Crippen LogP contribution in [0.3, 0.4) is 0 Å². The standard InChI is InChI=1S/C6H12O16P4/c7-1-3(19-23(9)10)4(20-24(11)12)2(8)6(22-26(16,17)18)5(1)21-25(13,14)15/h1-8H,(H4-2,9,10,11,12,13,14,15,16,17,18)/p+2/t1-,2+,3-,4-,5+,6+/m0/s1. The molecule has 1 fully saturated rings. The van der Waals surface area contributed by atoms with Gasteiger partial charge in [0.1, 0.15) is 24.4 Å². The van der Waals surface area contributed by atoms with Crippen LogP contribution in [-0.4, -0.2) is 76.2 Å². The van der Waals surface area contributed by atoms with Gasteiger partial charge >= 0.3 is 32.2 Å². The number of phosphoric acid groups is 2. The van der Waals surface area contributed by atoms with Crippen molar-refractivity contribution in [3.8, 4) is 0 Å². The van der Waals surface area contributed by atoms with Crippen LogP contribution < -0.4 is 0 Å². The molecule has 0 amide bonds. The molecule has 0 spiro atoms. The second-order valence-corrected chi connectivity index (χ2v) is 8.48. The van der Waals surface area contributed by atoms with Crippen LogP contribution >= 0.6 is 32.2 Å². The van der Waals surface area contributed by atoms with Crippen molar-refractivity contribution in [3.63, 3.8) is 0 Å². The normalized spacial score (nSPS) is 34.5. The highest BCUT2D eigenvalue weighted by Gasteiger charge is 2.60. The second kappa shape index (κ2) is 9.12. The minimum Gasteiger partial charge on any atom is -0.387 e. The van der Waals surface area contributed by atoms with Gasteiger partial charge in [0.15, 0.2) is 12.2 Å². The maximum Gasteiger partial charge on any atom is 0.695 e. The number of aliphatic hydroxyl groups excluding tert-OH is 2. The van der Waals surface area contributed by atoms with E-state index < -0.39 is 68.8 Å². The van der Waals surface area contributed by atoms with E-state index in [-0.39, 0.29) is 0 Å². The summed E-state index contributed by atoms with van der Waals surface area (Å²) in [4.78, 5) is 53.0. The second-order valence-electron chi connectivity index (χ2n) is 4.72. The molecule has 0 aliphatic heterocycles. The first kappa shape index (κ1) is 24.2. The van der Waals surface area contributed by atoms with Crippen LogP contribution in [0.25, 0.3) is 0 Å². The fraction of sp³-hybridized carbons (Fsp3) is 1.00. The van der Waals surface area contributed by atoms with Crippen molar-refractivity contribution in [3.05, 3.63) is 0 Å². The fourth-order valence-corrected chi connectivity index (χ4v) is 4.20. The lowest BCUT2D eigenvalue weighted by molar-refractivity contribution is -0.203. The highest BCUT2D eigenvalue weighted by Crippen LogP contribution is 2.48. The topological polar surface area (TPSA) is 267 Å². The molecule has 0 bridgehead atoms. The molecule has 1 rings (SSSR count). The van der Waals surface area contributed by atoms with Crippen molar-refractivity contribution in [2.75, 3.05) is 0 Å². The van der Waals surface area contributed by atoms with Gasteiger partial charge in [-0.2, -0.15) is 0 Å². The van der Waals surface area contributed by atoms with Gasteiger partial charge < -0.3 is 29.8 Å². The summed E-state index contributed by atoms with van der Waals surface area (Å²) in [6, 6.07) is 0. The minimum absolute atomic E-state index is 2.18. The Morgan fingerprint density at radius 3 is 1.12 bits per heavy atom. The summed E-state index contributed by atoms with van der Waals surface area (Å²) in [7, 11) is -18.0. The van der Waals surface area contributed by atoms with Gasteiger partial charge in [0, 0.05) is 9.13 Å². The average molecular weight is 466 g/mol. The van der Waals surface area contributed by atoms with Crippen LogP contribution in [0.15, 0.2) is 0 Å². The van der Waals surface area contributed by atoms with E-state index in [1.807, 2.05) is 0 Å². The van der Waals surface area contributed by atoms with Crippen molar-refractivity contribution in [2.24, 2.45) is 0 Å². The zero-order valence-corrected chi connectivity index (χ0v) is 15.7. The summed E-state index contributed by atoms with van der Waals surface area (Å²) in [6.07, 6.45) is -14.0. The fourth-order valence-electron chi connectivity index (χ4n) is 2.17. The van der Waals surface area contributed by atoms with Crippen molar-refractivity contribution < 1.29 is 75.9 Å². The summed E-state index contributed by atoms with van der Waals surface area (Å²) >= 11 is 0. The first-order valence-corrected chi connectivity index (χ1v) is 11.4. The minimum atomic E-state index is -5.45. The Kier molecular flexibility index (Phi) is 8.49. The van der Waals surface area contributed by atoms with Crippen LogP contribution in [0.5, 0.6) is 0 Å². The van der Waals surface area contributed by atoms with Crippen molar-refractivity contribution >= 4 is 32.2 Å². The van der Waals surface area contributed by atoms with Gasteiger partial charge in [-0.1, -0.05) is 0 Å². The largest absolute Gasteiger partial charge is 0.695 e. The Morgan fingerprint density at radius 1 is 0.654 bits per heavy atom. The molecule has 152 valence electrons. The molecule has 0 aromatic rings. The lowest BCUT2D eigenvalue weighted by Crippen LogP contribution is -2.65. The Hall–Kier alpha value is 0.180. The lowest BCUT2D eigenvalue weighted by Gasteiger charge is -2.42. The van der Waals surface area contributed by atoms with E-state index in [2.05, 4.69) is 18.1 Å². The summed E-state index contributed by atoms with van der Waals surface area (Å²) in [5, 5.41) is 20.2. The van der Waals surface area contributed by atoms with E-state index in [0.717, 1.165) is 0 Å². The highest BCUT2D eigenvalue weighted by atomic mass is 31.2. The monoisotopic (exact) mass is 466 g/mol. The number of hydrogen-bond donors (Lipinski definition) is 8. The van der Waals surface area contributed by atoms with Crippen molar-refractivity contribution in [1.29, 1.82) is 0 Å². The Balaban J connectivity index is 3.35. The first-order valence-electron chi connectivity index (χ1n) is 6.12. The summed E-state index contributed by atoms with van der Waals surface area (Å²) in [6.45, 7) is 0. The zero-order valence-electron chi connectivity index (χ0n) is 12.1. The maximum atomic E-state index is 11.0. The zero-order chi connectivity index (χ0) is 20.4. The molecule has 1 aliphatic rings. The van der Waals surface area contributed by atoms with Crippen LogP contribution in [0, 0.1) is 0 Å².